The second kappa shape index (κ2) is 9.12. The summed E-state index contributed by atoms with van der Waals surface area (Å²) in [6, 6.07) is 18.2. The van der Waals surface area contributed by atoms with Crippen molar-refractivity contribution < 1.29 is 26.0 Å². The van der Waals surface area contributed by atoms with Crippen molar-refractivity contribution in [1.29, 1.82) is 0 Å². The highest BCUT2D eigenvalue weighted by Gasteiger charge is 2.39. The van der Waals surface area contributed by atoms with Crippen molar-refractivity contribution >= 4 is 37.0 Å². The summed E-state index contributed by atoms with van der Waals surface area (Å²) in [7, 11) is -7.95. The van der Waals surface area contributed by atoms with Crippen molar-refractivity contribution in [3.63, 3.8) is 0 Å². The van der Waals surface area contributed by atoms with Crippen LogP contribution in [0.4, 0.5) is 4.39 Å². The highest BCUT2D eigenvalue weighted by molar-refractivity contribution is 7.90. The lowest BCUT2D eigenvalue weighted by Crippen LogP contribution is -2.31. The second-order valence-electron chi connectivity index (χ2n) is 8.45. The molecular weight excluding hydrogens is 507 g/mol. The molecule has 1 fully saturated rings. The number of hydrogen-bond acceptors (Lipinski definition) is 6. The average Bonchev–Trinajstić information content (AvgIpc) is 3.38. The molecule has 5 rings (SSSR count). The number of amides is 1. The second-order valence-corrected chi connectivity index (χ2v) is 12.0. The normalized spacial score (nSPS) is 18.2. The van der Waals surface area contributed by atoms with Crippen LogP contribution >= 0.6 is 0 Å². The Balaban J connectivity index is 1.49. The Morgan fingerprint density at radius 3 is 2.44 bits per heavy atom. The number of fused-ring (bicyclic) bond motifs is 1. The Bertz CT molecular complexity index is 1640. The highest BCUT2D eigenvalue weighted by atomic mass is 32.2. The van der Waals surface area contributed by atoms with Gasteiger partial charge >= 0.3 is 0 Å². The standard InChI is InChI=1S/C24H21FN4O5S2/c25-18-12-15(10-11-17(18)22-14-23(30)29-36(22,33)34)13-21(24-26-19-8-4-5-9-20(19)27-24)28-35(31,32)16-6-2-1-3-7-16/h1-12,21-22,28H,13-14H2,(H,26,27)(H,29,30)/t21-,22-/m0/s1. The molecule has 1 saturated heterocycles. The number of carbonyl (C=O) groups excluding carboxylic acids is 1. The summed E-state index contributed by atoms with van der Waals surface area (Å²) in [5.74, 6) is -1.15. The molecule has 36 heavy (non-hydrogen) atoms. The zero-order chi connectivity index (χ0) is 25.5. The molecule has 2 atom stereocenters. The van der Waals surface area contributed by atoms with Gasteiger partial charge < -0.3 is 4.98 Å². The molecule has 0 saturated carbocycles. The van der Waals surface area contributed by atoms with Crippen LogP contribution in [0.25, 0.3) is 11.0 Å². The van der Waals surface area contributed by atoms with Gasteiger partial charge in [-0.15, -0.1) is 0 Å². The van der Waals surface area contributed by atoms with Gasteiger partial charge in [-0.1, -0.05) is 42.5 Å². The van der Waals surface area contributed by atoms with Crippen molar-refractivity contribution in [2.24, 2.45) is 0 Å². The monoisotopic (exact) mass is 528 g/mol. The van der Waals surface area contributed by atoms with Crippen molar-refractivity contribution in [2.45, 2.75) is 29.0 Å². The molecule has 0 bridgehead atoms. The number of imidazole rings is 1. The Hall–Kier alpha value is -3.61. The number of nitrogens with zero attached hydrogens (tertiary/aromatic N) is 1. The van der Waals surface area contributed by atoms with E-state index in [1.807, 2.05) is 10.8 Å². The summed E-state index contributed by atoms with van der Waals surface area (Å²) in [6.07, 6.45) is -0.339. The summed E-state index contributed by atoms with van der Waals surface area (Å²) in [5, 5.41) is -1.32. The van der Waals surface area contributed by atoms with Gasteiger partial charge in [0.1, 0.15) is 16.9 Å². The van der Waals surface area contributed by atoms with E-state index in [4.69, 9.17) is 0 Å². The first kappa shape index (κ1) is 24.1. The molecule has 9 nitrogen and oxygen atoms in total. The van der Waals surface area contributed by atoms with Gasteiger partial charge in [-0.25, -0.2) is 30.9 Å². The molecule has 2 heterocycles. The number of sulfonamides is 2. The number of aromatic amines is 1. The Morgan fingerprint density at radius 1 is 1.06 bits per heavy atom. The number of benzene rings is 3. The van der Waals surface area contributed by atoms with E-state index in [0.717, 1.165) is 6.07 Å². The molecular formula is C24H21FN4O5S2. The Labute approximate surface area is 206 Å². The van der Waals surface area contributed by atoms with E-state index < -0.39 is 43.1 Å². The van der Waals surface area contributed by atoms with Crippen LogP contribution in [-0.4, -0.2) is 32.7 Å². The maximum Gasteiger partial charge on any atom is 0.242 e. The molecule has 3 N–H and O–H groups in total. The first-order chi connectivity index (χ1) is 17.1. The molecule has 0 radical (unpaired) electrons. The maximum atomic E-state index is 15.0. The Morgan fingerprint density at radius 2 is 1.78 bits per heavy atom. The first-order valence-corrected chi connectivity index (χ1v) is 14.0. The molecule has 0 unspecified atom stereocenters. The lowest BCUT2D eigenvalue weighted by atomic mass is 10.0. The van der Waals surface area contributed by atoms with Gasteiger partial charge in [-0.05, 0) is 42.3 Å². The highest BCUT2D eigenvalue weighted by Crippen LogP contribution is 2.33. The topological polar surface area (TPSA) is 138 Å². The van der Waals surface area contributed by atoms with E-state index in [-0.39, 0.29) is 23.3 Å². The average molecular weight is 529 g/mol. The molecule has 0 spiro atoms. The van der Waals surface area contributed by atoms with Gasteiger partial charge in [0, 0.05) is 5.56 Å². The van der Waals surface area contributed by atoms with E-state index in [0.29, 0.717) is 22.4 Å². The number of para-hydroxylation sites is 2. The van der Waals surface area contributed by atoms with Gasteiger partial charge in [-0.3, -0.25) is 9.52 Å². The molecule has 4 aromatic rings. The van der Waals surface area contributed by atoms with Crippen LogP contribution in [0.15, 0.2) is 77.7 Å². The zero-order valence-corrected chi connectivity index (χ0v) is 20.3. The van der Waals surface area contributed by atoms with Crippen LogP contribution in [0, 0.1) is 5.82 Å². The fraction of sp³-hybridized carbons (Fsp3) is 0.167. The largest absolute Gasteiger partial charge is 0.341 e. The SMILES string of the molecule is O=C1C[C@@H](c2ccc(C[C@H](NS(=O)(=O)c3ccccc3)c3nc4ccccc4[nH]3)cc2F)S(=O)(=O)N1. The van der Waals surface area contributed by atoms with Crippen LogP contribution in [0.1, 0.15) is 34.7 Å². The van der Waals surface area contributed by atoms with Crippen molar-refractivity contribution in [3.05, 3.63) is 95.6 Å². The molecule has 1 amide bonds. The van der Waals surface area contributed by atoms with Crippen LogP contribution < -0.4 is 9.44 Å². The number of rotatable bonds is 7. The number of carbonyl (C=O) groups is 1. The minimum atomic E-state index is -4.01. The summed E-state index contributed by atoms with van der Waals surface area (Å²) in [5.41, 5.74) is 1.64. The van der Waals surface area contributed by atoms with E-state index in [1.54, 1.807) is 36.4 Å². The number of halogens is 1. The molecule has 1 aliphatic rings. The van der Waals surface area contributed by atoms with Crippen LogP contribution in [0.3, 0.4) is 0 Å². The van der Waals surface area contributed by atoms with Crippen LogP contribution in [-0.2, 0) is 31.3 Å². The fourth-order valence-corrected chi connectivity index (χ4v) is 6.87. The van der Waals surface area contributed by atoms with Gasteiger partial charge in [0.25, 0.3) is 0 Å². The maximum absolute atomic E-state index is 15.0. The van der Waals surface area contributed by atoms with E-state index in [1.165, 1.54) is 24.3 Å². The summed E-state index contributed by atoms with van der Waals surface area (Å²) >= 11 is 0. The predicted octanol–water partition coefficient (Wildman–Crippen LogP) is 2.86. The molecule has 12 heteroatoms. The number of H-pyrrole nitrogens is 1. The van der Waals surface area contributed by atoms with Gasteiger partial charge in [0.2, 0.25) is 26.0 Å². The fourth-order valence-electron chi connectivity index (χ4n) is 4.21. The minimum absolute atomic E-state index is 0.0255. The van der Waals surface area contributed by atoms with Gasteiger partial charge in [0.15, 0.2) is 0 Å². The molecule has 1 aromatic heterocycles. The number of aromatic nitrogens is 2. The number of nitrogens with one attached hydrogen (secondary N) is 3. The third-order valence-electron chi connectivity index (χ3n) is 5.94. The third-order valence-corrected chi connectivity index (χ3v) is 9.11. The van der Waals surface area contributed by atoms with E-state index in [2.05, 4.69) is 14.7 Å². The minimum Gasteiger partial charge on any atom is -0.341 e. The quantitative estimate of drug-likeness (QED) is 0.337. The third kappa shape index (κ3) is 4.74. The molecule has 0 aliphatic carbocycles. The predicted molar refractivity (Wildman–Crippen MR) is 130 cm³/mol. The van der Waals surface area contributed by atoms with Crippen LogP contribution in [0.2, 0.25) is 0 Å². The van der Waals surface area contributed by atoms with Crippen molar-refractivity contribution in [2.75, 3.05) is 0 Å². The van der Waals surface area contributed by atoms with Gasteiger partial charge in [0.05, 0.1) is 28.4 Å². The van der Waals surface area contributed by atoms with Gasteiger partial charge in [-0.2, -0.15) is 0 Å². The lowest BCUT2D eigenvalue weighted by molar-refractivity contribution is -0.118. The van der Waals surface area contributed by atoms with E-state index >= 15 is 4.39 Å². The lowest BCUT2D eigenvalue weighted by Gasteiger charge is -2.18. The molecule has 3 aromatic carbocycles. The van der Waals surface area contributed by atoms with Crippen molar-refractivity contribution in [1.82, 2.24) is 19.4 Å². The molecule has 1 aliphatic heterocycles. The summed E-state index contributed by atoms with van der Waals surface area (Å²) in [4.78, 5) is 19.3. The van der Waals surface area contributed by atoms with Crippen LogP contribution in [0.5, 0.6) is 0 Å². The smallest absolute Gasteiger partial charge is 0.242 e. The molecule has 186 valence electrons. The summed E-state index contributed by atoms with van der Waals surface area (Å²) in [6.45, 7) is 0. The van der Waals surface area contributed by atoms with E-state index in [9.17, 15) is 21.6 Å². The summed E-state index contributed by atoms with van der Waals surface area (Å²) < 4.78 is 70.0. The zero-order valence-electron chi connectivity index (χ0n) is 18.7. The van der Waals surface area contributed by atoms with Crippen molar-refractivity contribution in [3.8, 4) is 0 Å². The Kier molecular flexibility index (Phi) is 6.10. The number of hydrogen-bond donors (Lipinski definition) is 3. The first-order valence-electron chi connectivity index (χ1n) is 11.0.